The third-order valence-corrected chi connectivity index (χ3v) is 3.00. The molecular weight excluding hydrogens is 248 g/mol. The van der Waals surface area contributed by atoms with Crippen molar-refractivity contribution in [3.63, 3.8) is 0 Å². The van der Waals surface area contributed by atoms with Gasteiger partial charge in [0.05, 0.1) is 6.54 Å². The minimum atomic E-state index is -0.0141. The molecule has 0 aromatic carbocycles. The summed E-state index contributed by atoms with van der Waals surface area (Å²) in [5, 5.41) is 3.81. The van der Waals surface area contributed by atoms with E-state index in [0.29, 0.717) is 38.0 Å². The lowest BCUT2D eigenvalue weighted by Gasteiger charge is -2.33. The first kappa shape index (κ1) is 13.7. The van der Waals surface area contributed by atoms with E-state index in [1.807, 2.05) is 0 Å². The normalized spacial score (nSPS) is 16.6. The zero-order chi connectivity index (χ0) is 13.7. The van der Waals surface area contributed by atoms with Gasteiger partial charge >= 0.3 is 0 Å². The van der Waals surface area contributed by atoms with Gasteiger partial charge in [0, 0.05) is 33.3 Å². The minimum Gasteiger partial charge on any atom is -0.377 e. The molecule has 7 nitrogen and oxygen atoms in total. The van der Waals surface area contributed by atoms with E-state index in [4.69, 9.17) is 9.26 Å². The number of amides is 1. The molecule has 0 atom stereocenters. The molecule has 19 heavy (non-hydrogen) atoms. The Morgan fingerprint density at radius 3 is 2.84 bits per heavy atom. The van der Waals surface area contributed by atoms with Crippen molar-refractivity contribution in [2.75, 3.05) is 33.3 Å². The number of ether oxygens (including phenoxy) is 1. The van der Waals surface area contributed by atoms with Crippen LogP contribution < -0.4 is 0 Å². The fraction of sp³-hybridized carbons (Fsp3) is 0.583. The predicted molar refractivity (Wildman–Crippen MR) is 67.1 cm³/mol. The molecule has 1 aromatic rings. The Morgan fingerprint density at radius 1 is 1.47 bits per heavy atom. The smallest absolute Gasteiger partial charge is 0.246 e. The summed E-state index contributed by atoms with van der Waals surface area (Å²) in [4.78, 5) is 19.6. The number of hydrogen-bond donors (Lipinski definition) is 0. The number of carbonyl (C=O) groups excluding carboxylic acids is 1. The van der Waals surface area contributed by atoms with E-state index in [2.05, 4.69) is 21.6 Å². The van der Waals surface area contributed by atoms with Gasteiger partial charge in [-0.2, -0.15) is 4.98 Å². The summed E-state index contributed by atoms with van der Waals surface area (Å²) in [6.45, 7) is 7.43. The number of rotatable bonds is 5. The van der Waals surface area contributed by atoms with E-state index >= 15 is 0 Å². The fourth-order valence-corrected chi connectivity index (χ4v) is 1.99. The highest BCUT2D eigenvalue weighted by Crippen LogP contribution is 2.08. The van der Waals surface area contributed by atoms with Gasteiger partial charge in [0.1, 0.15) is 6.61 Å². The van der Waals surface area contributed by atoms with Crippen LogP contribution in [0.1, 0.15) is 11.7 Å². The molecule has 0 unspecified atom stereocenters. The lowest BCUT2D eigenvalue weighted by molar-refractivity contribution is -0.127. The first-order valence-electron chi connectivity index (χ1n) is 6.17. The molecule has 1 fully saturated rings. The van der Waals surface area contributed by atoms with Crippen molar-refractivity contribution in [1.82, 2.24) is 19.9 Å². The monoisotopic (exact) mass is 266 g/mol. The Morgan fingerprint density at radius 2 is 2.21 bits per heavy atom. The molecule has 0 aliphatic carbocycles. The fourth-order valence-electron chi connectivity index (χ4n) is 1.99. The average Bonchev–Trinajstić information content (AvgIpc) is 2.86. The van der Waals surface area contributed by atoms with E-state index in [0.717, 1.165) is 13.1 Å². The van der Waals surface area contributed by atoms with Crippen molar-refractivity contribution < 1.29 is 14.1 Å². The van der Waals surface area contributed by atoms with E-state index in [1.54, 1.807) is 12.0 Å². The van der Waals surface area contributed by atoms with Crippen LogP contribution >= 0.6 is 0 Å². The largest absolute Gasteiger partial charge is 0.377 e. The SMILES string of the molecule is C=CC(=O)N1CCN(Cc2nc(COC)no2)CC1. The van der Waals surface area contributed by atoms with Gasteiger partial charge < -0.3 is 14.2 Å². The molecule has 0 bridgehead atoms. The number of nitrogens with zero attached hydrogens (tertiary/aromatic N) is 4. The number of piperazine rings is 1. The molecule has 0 spiro atoms. The van der Waals surface area contributed by atoms with Crippen LogP contribution in [0.2, 0.25) is 0 Å². The second-order valence-electron chi connectivity index (χ2n) is 4.34. The first-order chi connectivity index (χ1) is 9.22. The molecule has 1 amide bonds. The van der Waals surface area contributed by atoms with Gasteiger partial charge in [0.2, 0.25) is 11.8 Å². The molecule has 1 aliphatic rings. The number of methoxy groups -OCH3 is 1. The Balaban J connectivity index is 1.81. The molecule has 1 saturated heterocycles. The van der Waals surface area contributed by atoms with E-state index in [9.17, 15) is 4.79 Å². The summed E-state index contributed by atoms with van der Waals surface area (Å²) in [5.41, 5.74) is 0. The molecule has 1 aromatic heterocycles. The highest BCUT2D eigenvalue weighted by Gasteiger charge is 2.20. The number of aromatic nitrogens is 2. The van der Waals surface area contributed by atoms with Crippen molar-refractivity contribution in [3.05, 3.63) is 24.4 Å². The predicted octanol–water partition coefficient (Wildman–Crippen LogP) is 0.0462. The third-order valence-electron chi connectivity index (χ3n) is 3.00. The molecule has 2 heterocycles. The standard InChI is InChI=1S/C12H18N4O3/c1-3-12(17)16-6-4-15(5-7-16)8-11-13-10(9-18-2)14-19-11/h3H,1,4-9H2,2H3. The summed E-state index contributed by atoms with van der Waals surface area (Å²) in [7, 11) is 1.59. The molecule has 2 rings (SSSR count). The van der Waals surface area contributed by atoms with Gasteiger partial charge in [-0.1, -0.05) is 11.7 Å². The van der Waals surface area contributed by atoms with Crippen LogP contribution in [0, 0.1) is 0 Å². The van der Waals surface area contributed by atoms with Gasteiger partial charge in [-0.15, -0.1) is 0 Å². The summed E-state index contributed by atoms with van der Waals surface area (Å²) >= 11 is 0. The van der Waals surface area contributed by atoms with Crippen LogP contribution in [0.3, 0.4) is 0 Å². The van der Waals surface area contributed by atoms with Crippen molar-refractivity contribution in [2.24, 2.45) is 0 Å². The van der Waals surface area contributed by atoms with Crippen LogP contribution in [0.5, 0.6) is 0 Å². The van der Waals surface area contributed by atoms with Crippen LogP contribution in [0.15, 0.2) is 17.2 Å². The zero-order valence-corrected chi connectivity index (χ0v) is 11.0. The average molecular weight is 266 g/mol. The number of carbonyl (C=O) groups is 1. The lowest BCUT2D eigenvalue weighted by atomic mass is 10.3. The summed E-state index contributed by atoms with van der Waals surface area (Å²) in [5.74, 6) is 1.12. The maximum atomic E-state index is 11.4. The molecule has 0 N–H and O–H groups in total. The van der Waals surface area contributed by atoms with Gasteiger partial charge in [-0.05, 0) is 6.08 Å². The third kappa shape index (κ3) is 3.62. The van der Waals surface area contributed by atoms with E-state index < -0.39 is 0 Å². The molecule has 7 heteroatoms. The van der Waals surface area contributed by atoms with E-state index in [-0.39, 0.29) is 5.91 Å². The molecular formula is C12H18N4O3. The quantitative estimate of drug-likeness (QED) is 0.701. The Bertz CT molecular complexity index is 438. The topological polar surface area (TPSA) is 71.7 Å². The second-order valence-corrected chi connectivity index (χ2v) is 4.34. The lowest BCUT2D eigenvalue weighted by Crippen LogP contribution is -2.47. The Hall–Kier alpha value is -1.73. The first-order valence-corrected chi connectivity index (χ1v) is 6.17. The number of hydrogen-bond acceptors (Lipinski definition) is 6. The highest BCUT2D eigenvalue weighted by atomic mass is 16.5. The summed E-state index contributed by atoms with van der Waals surface area (Å²) in [6.07, 6.45) is 1.35. The van der Waals surface area contributed by atoms with Crippen molar-refractivity contribution >= 4 is 5.91 Å². The van der Waals surface area contributed by atoms with Crippen molar-refractivity contribution in [1.29, 1.82) is 0 Å². The van der Waals surface area contributed by atoms with E-state index in [1.165, 1.54) is 6.08 Å². The molecule has 104 valence electrons. The molecule has 0 radical (unpaired) electrons. The van der Waals surface area contributed by atoms with Gasteiger partial charge in [-0.25, -0.2) is 0 Å². The van der Waals surface area contributed by atoms with Gasteiger partial charge in [0.15, 0.2) is 5.82 Å². The maximum absolute atomic E-state index is 11.4. The van der Waals surface area contributed by atoms with Crippen molar-refractivity contribution in [2.45, 2.75) is 13.2 Å². The highest BCUT2D eigenvalue weighted by molar-refractivity contribution is 5.87. The van der Waals surface area contributed by atoms with Crippen LogP contribution in [0.4, 0.5) is 0 Å². The Labute approximate surface area is 111 Å². The zero-order valence-electron chi connectivity index (χ0n) is 11.0. The molecule has 0 saturated carbocycles. The van der Waals surface area contributed by atoms with Gasteiger partial charge in [0.25, 0.3) is 0 Å². The van der Waals surface area contributed by atoms with Crippen LogP contribution in [0.25, 0.3) is 0 Å². The summed E-state index contributed by atoms with van der Waals surface area (Å²) in [6, 6.07) is 0. The summed E-state index contributed by atoms with van der Waals surface area (Å²) < 4.78 is 10.1. The minimum absolute atomic E-state index is 0.0141. The molecule has 1 aliphatic heterocycles. The van der Waals surface area contributed by atoms with Crippen LogP contribution in [-0.2, 0) is 22.7 Å². The van der Waals surface area contributed by atoms with Crippen molar-refractivity contribution in [3.8, 4) is 0 Å². The second kappa shape index (κ2) is 6.44. The Kier molecular flexibility index (Phi) is 4.64. The maximum Gasteiger partial charge on any atom is 0.246 e. The van der Waals surface area contributed by atoms with Crippen LogP contribution in [-0.4, -0.2) is 59.1 Å². The van der Waals surface area contributed by atoms with Gasteiger partial charge in [-0.3, -0.25) is 9.69 Å².